The van der Waals surface area contributed by atoms with Crippen LogP contribution in [0.1, 0.15) is 11.4 Å². The van der Waals surface area contributed by atoms with E-state index in [2.05, 4.69) is 11.1 Å². The summed E-state index contributed by atoms with van der Waals surface area (Å²) in [6, 6.07) is 3.98. The molecule has 10 heavy (non-hydrogen) atoms. The molecular formula is C6H5N4+. The third kappa shape index (κ3) is 0.723. The predicted molar refractivity (Wildman–Crippen MR) is 31.9 cm³/mol. The highest BCUT2D eigenvalue weighted by molar-refractivity contribution is 5.35. The van der Waals surface area contributed by atoms with Gasteiger partial charge in [0.1, 0.15) is 6.07 Å². The third-order valence-electron chi connectivity index (χ3n) is 1.16. The van der Waals surface area contributed by atoms with Crippen molar-refractivity contribution in [2.45, 2.75) is 0 Å². The Hall–Kier alpha value is -1.81. The number of imidazole rings is 1. The van der Waals surface area contributed by atoms with Gasteiger partial charge >= 0.3 is 6.07 Å². The Labute approximate surface area is 58.0 Å². The fourth-order valence-electron chi connectivity index (χ4n) is 0.654. The van der Waals surface area contributed by atoms with Crippen LogP contribution >= 0.6 is 0 Å². The van der Waals surface area contributed by atoms with Crippen molar-refractivity contribution in [3.05, 3.63) is 17.7 Å². The molecule has 0 spiro atoms. The van der Waals surface area contributed by atoms with Crippen molar-refractivity contribution in [1.29, 1.82) is 5.26 Å². The Morgan fingerprint density at radius 3 is 2.90 bits per heavy atom. The van der Waals surface area contributed by atoms with E-state index in [1.165, 1.54) is 6.33 Å². The van der Waals surface area contributed by atoms with E-state index >= 15 is 0 Å². The minimum Gasteiger partial charge on any atom is -0.324 e. The van der Waals surface area contributed by atoms with Crippen LogP contribution in [0, 0.1) is 17.4 Å². The van der Waals surface area contributed by atoms with Gasteiger partial charge in [-0.1, -0.05) is 5.26 Å². The zero-order chi connectivity index (χ0) is 7.56. The topological polar surface area (TPSA) is 65.4 Å². The minimum absolute atomic E-state index is 0.296. The van der Waals surface area contributed by atoms with Crippen molar-refractivity contribution < 1.29 is 5.26 Å². The van der Waals surface area contributed by atoms with E-state index < -0.39 is 0 Å². The molecule has 0 radical (unpaired) electrons. The molecule has 1 heterocycles. The molecule has 0 saturated carbocycles. The fourth-order valence-corrected chi connectivity index (χ4v) is 0.654. The zero-order valence-corrected chi connectivity index (χ0v) is 5.42. The standard InChI is InChI=1S/C6H4N4/c1-10-4-9-5(2-7)6(10)3-8/h4H,1H3/p+1. The van der Waals surface area contributed by atoms with Crippen molar-refractivity contribution in [3.63, 3.8) is 0 Å². The molecule has 0 aromatic carbocycles. The quantitative estimate of drug-likeness (QED) is 0.464. The van der Waals surface area contributed by atoms with Crippen molar-refractivity contribution in [2.75, 3.05) is 0 Å². The second-order valence-electron chi connectivity index (χ2n) is 1.79. The maximum atomic E-state index is 8.49. The second-order valence-corrected chi connectivity index (χ2v) is 1.79. The summed E-state index contributed by atoms with van der Waals surface area (Å²) in [6.07, 6.45) is 1.48. The van der Waals surface area contributed by atoms with Gasteiger partial charge < -0.3 is 4.57 Å². The summed E-state index contributed by atoms with van der Waals surface area (Å²) in [7, 11) is 1.70. The lowest BCUT2D eigenvalue weighted by molar-refractivity contribution is -0.0912. The Morgan fingerprint density at radius 2 is 2.50 bits per heavy atom. The smallest absolute Gasteiger partial charge is 0.324 e. The molecule has 1 aromatic rings. The van der Waals surface area contributed by atoms with E-state index in [9.17, 15) is 0 Å². The van der Waals surface area contributed by atoms with E-state index in [4.69, 9.17) is 10.5 Å². The molecule has 0 fully saturated rings. The van der Waals surface area contributed by atoms with Crippen molar-refractivity contribution in [3.8, 4) is 12.1 Å². The first-order valence-corrected chi connectivity index (χ1v) is 2.63. The molecule has 1 N–H and O–H groups in total. The van der Waals surface area contributed by atoms with Crippen LogP contribution in [0.5, 0.6) is 0 Å². The summed E-state index contributed by atoms with van der Waals surface area (Å²) in [5.74, 6) is 0. The lowest BCUT2D eigenvalue weighted by Crippen LogP contribution is -2.17. The van der Waals surface area contributed by atoms with E-state index in [0.29, 0.717) is 11.4 Å². The van der Waals surface area contributed by atoms with E-state index in [1.807, 2.05) is 6.07 Å². The van der Waals surface area contributed by atoms with Crippen molar-refractivity contribution in [2.24, 2.45) is 7.05 Å². The molecule has 4 nitrogen and oxygen atoms in total. The highest BCUT2D eigenvalue weighted by Gasteiger charge is 2.08. The summed E-state index contributed by atoms with van der Waals surface area (Å²) >= 11 is 0. The first-order chi connectivity index (χ1) is 4.79. The summed E-state index contributed by atoms with van der Waals surface area (Å²) in [6.45, 7) is 0. The number of aromatic nitrogens is 2. The molecule has 0 saturated heterocycles. The number of rotatable bonds is 0. The number of nitrogens with zero attached hydrogens (tertiary/aromatic N) is 3. The first-order valence-electron chi connectivity index (χ1n) is 2.63. The van der Waals surface area contributed by atoms with Gasteiger partial charge in [-0.25, -0.2) is 4.98 Å². The maximum Gasteiger partial charge on any atom is 0.331 e. The molecular weight excluding hydrogens is 128 g/mol. The van der Waals surface area contributed by atoms with Gasteiger partial charge in [0, 0.05) is 7.05 Å². The lowest BCUT2D eigenvalue weighted by Gasteiger charge is -1.85. The molecule has 0 aliphatic carbocycles. The fraction of sp³-hybridized carbons (Fsp3) is 0.167. The van der Waals surface area contributed by atoms with Gasteiger partial charge in [0.2, 0.25) is 5.69 Å². The number of hydrogen-bond donors (Lipinski definition) is 1. The number of nitriles is 1. The highest BCUT2D eigenvalue weighted by atomic mass is 15.0. The van der Waals surface area contributed by atoms with Gasteiger partial charge in [-0.15, -0.1) is 0 Å². The van der Waals surface area contributed by atoms with Crippen LogP contribution in [0.2, 0.25) is 0 Å². The van der Waals surface area contributed by atoms with Gasteiger partial charge in [-0.2, -0.15) is 5.26 Å². The largest absolute Gasteiger partial charge is 0.331 e. The van der Waals surface area contributed by atoms with E-state index in [-0.39, 0.29) is 0 Å². The van der Waals surface area contributed by atoms with Crippen LogP contribution in [0.4, 0.5) is 0 Å². The minimum atomic E-state index is 0.296. The normalized spacial score (nSPS) is 8.30. The maximum absolute atomic E-state index is 8.49. The SMILES string of the molecule is Cn1cnc(C#[NH+])c1C#N. The molecule has 0 atom stereocenters. The van der Waals surface area contributed by atoms with Crippen LogP contribution in [0.15, 0.2) is 6.33 Å². The van der Waals surface area contributed by atoms with Crippen LogP contribution in [-0.4, -0.2) is 9.55 Å². The van der Waals surface area contributed by atoms with Crippen LogP contribution in [0.3, 0.4) is 0 Å². The van der Waals surface area contributed by atoms with Crippen LogP contribution in [0.25, 0.3) is 0 Å². The summed E-state index contributed by atoms with van der Waals surface area (Å²) in [5.41, 5.74) is 0.667. The van der Waals surface area contributed by atoms with Gasteiger partial charge in [0.15, 0.2) is 5.69 Å². The highest BCUT2D eigenvalue weighted by Crippen LogP contribution is 2.00. The lowest BCUT2D eigenvalue weighted by atomic mass is 10.4. The predicted octanol–water partition coefficient (Wildman–Crippen LogP) is -1.59. The molecule has 0 amide bonds. The number of aryl methyl sites for hydroxylation is 1. The van der Waals surface area contributed by atoms with Gasteiger partial charge in [-0.05, 0) is 0 Å². The zero-order valence-electron chi connectivity index (χ0n) is 5.42. The Kier molecular flexibility index (Phi) is 1.39. The Bertz CT molecular complexity index is 322. The first kappa shape index (κ1) is 6.31. The van der Waals surface area contributed by atoms with Gasteiger partial charge in [0.25, 0.3) is 0 Å². The van der Waals surface area contributed by atoms with E-state index in [1.54, 1.807) is 11.6 Å². The Balaban J connectivity index is 3.34. The molecule has 48 valence electrons. The molecule has 0 aliphatic rings. The molecule has 4 heteroatoms. The van der Waals surface area contributed by atoms with Crippen molar-refractivity contribution in [1.82, 2.24) is 9.55 Å². The average Bonchev–Trinajstić information content (AvgIpc) is 2.30. The summed E-state index contributed by atoms with van der Waals surface area (Å²) < 4.78 is 1.55. The monoisotopic (exact) mass is 133 g/mol. The molecule has 1 aromatic heterocycles. The average molecular weight is 133 g/mol. The Morgan fingerprint density at radius 1 is 1.80 bits per heavy atom. The summed E-state index contributed by atoms with van der Waals surface area (Å²) in [4.78, 5) is 3.75. The summed E-state index contributed by atoms with van der Waals surface area (Å²) in [5, 5.41) is 15.2. The van der Waals surface area contributed by atoms with Gasteiger partial charge in [0.05, 0.1) is 6.33 Å². The van der Waals surface area contributed by atoms with Crippen molar-refractivity contribution >= 4 is 0 Å². The van der Waals surface area contributed by atoms with E-state index in [0.717, 1.165) is 0 Å². The molecule has 0 bridgehead atoms. The molecule has 0 unspecified atom stereocenters. The van der Waals surface area contributed by atoms with Gasteiger partial charge in [-0.3, -0.25) is 0 Å². The van der Waals surface area contributed by atoms with Crippen LogP contribution < -0.4 is 5.26 Å². The number of nitrogens with one attached hydrogen (secondary N) is 1. The third-order valence-corrected chi connectivity index (χ3v) is 1.16. The second kappa shape index (κ2) is 2.20. The molecule has 0 aliphatic heterocycles. The molecule has 1 rings (SSSR count). The van der Waals surface area contributed by atoms with Crippen LogP contribution in [-0.2, 0) is 7.05 Å². The number of hydrogen-bond acceptors (Lipinski definition) is 2.